The van der Waals surface area contributed by atoms with E-state index in [4.69, 9.17) is 5.11 Å². The van der Waals surface area contributed by atoms with E-state index >= 15 is 0 Å². The van der Waals surface area contributed by atoms with Crippen LogP contribution in [0.15, 0.2) is 0 Å². The summed E-state index contributed by atoms with van der Waals surface area (Å²) in [6.07, 6.45) is 1.29. The van der Waals surface area contributed by atoms with Crippen LogP contribution in [-0.4, -0.2) is 34.2 Å². The Morgan fingerprint density at radius 1 is 1.43 bits per heavy atom. The number of nitrogens with one attached hydrogen (secondary N) is 1. The number of hydrogen-bond donors (Lipinski definition) is 3. The SMILES string of the molecule is CC(NC(=O)[C@@H]1CC[C@H](O)C1)C(=O)O. The molecule has 0 aromatic carbocycles. The molecule has 1 aliphatic rings. The highest BCUT2D eigenvalue weighted by Crippen LogP contribution is 2.25. The molecule has 1 unspecified atom stereocenters. The number of carbonyl (C=O) groups is 2. The number of carbonyl (C=O) groups excluding carboxylic acids is 1. The van der Waals surface area contributed by atoms with Crippen molar-refractivity contribution in [3.05, 3.63) is 0 Å². The largest absolute Gasteiger partial charge is 0.480 e. The standard InChI is InChI=1S/C9H15NO4/c1-5(9(13)14)10-8(12)6-2-3-7(11)4-6/h5-7,11H,2-4H2,1H3,(H,10,12)(H,13,14)/t5?,6-,7+/m1/s1. The fraction of sp³-hybridized carbons (Fsp3) is 0.778. The topological polar surface area (TPSA) is 86.6 Å². The number of aliphatic hydroxyl groups excluding tert-OH is 1. The summed E-state index contributed by atoms with van der Waals surface area (Å²) < 4.78 is 0. The number of rotatable bonds is 3. The molecule has 80 valence electrons. The quantitative estimate of drug-likeness (QED) is 0.587. The van der Waals surface area contributed by atoms with Crippen molar-refractivity contribution in [2.45, 2.75) is 38.3 Å². The smallest absolute Gasteiger partial charge is 0.325 e. The Labute approximate surface area is 82.1 Å². The minimum Gasteiger partial charge on any atom is -0.480 e. The van der Waals surface area contributed by atoms with Gasteiger partial charge in [-0.15, -0.1) is 0 Å². The van der Waals surface area contributed by atoms with Crippen molar-refractivity contribution in [2.24, 2.45) is 5.92 Å². The van der Waals surface area contributed by atoms with Gasteiger partial charge in [0.25, 0.3) is 0 Å². The highest BCUT2D eigenvalue weighted by Gasteiger charge is 2.29. The molecule has 0 radical (unpaired) electrons. The lowest BCUT2D eigenvalue weighted by Gasteiger charge is -2.13. The van der Waals surface area contributed by atoms with E-state index in [1.54, 1.807) is 0 Å². The van der Waals surface area contributed by atoms with Gasteiger partial charge in [-0.1, -0.05) is 0 Å². The second-order valence-electron chi connectivity index (χ2n) is 3.73. The normalized spacial score (nSPS) is 28.4. The van der Waals surface area contributed by atoms with Gasteiger partial charge >= 0.3 is 5.97 Å². The molecule has 0 aromatic rings. The average molecular weight is 201 g/mol. The molecular weight excluding hydrogens is 186 g/mol. The number of carboxylic acid groups (broad SMARTS) is 1. The lowest BCUT2D eigenvalue weighted by atomic mass is 10.1. The third kappa shape index (κ3) is 2.70. The maximum absolute atomic E-state index is 11.4. The Balaban J connectivity index is 2.39. The summed E-state index contributed by atoms with van der Waals surface area (Å²) in [6.45, 7) is 1.42. The molecule has 1 saturated carbocycles. The van der Waals surface area contributed by atoms with Crippen LogP contribution in [0.5, 0.6) is 0 Å². The molecule has 5 nitrogen and oxygen atoms in total. The van der Waals surface area contributed by atoms with E-state index in [0.29, 0.717) is 19.3 Å². The second-order valence-corrected chi connectivity index (χ2v) is 3.73. The van der Waals surface area contributed by atoms with Gasteiger partial charge in [-0.25, -0.2) is 0 Å². The number of carboxylic acids is 1. The molecule has 0 bridgehead atoms. The summed E-state index contributed by atoms with van der Waals surface area (Å²) in [5.41, 5.74) is 0. The molecule has 1 rings (SSSR count). The van der Waals surface area contributed by atoms with E-state index in [1.807, 2.05) is 0 Å². The molecule has 5 heteroatoms. The first kappa shape index (κ1) is 11.0. The summed E-state index contributed by atoms with van der Waals surface area (Å²) in [4.78, 5) is 21.9. The Bertz CT molecular complexity index is 241. The minimum atomic E-state index is -1.04. The number of aliphatic hydroxyl groups is 1. The van der Waals surface area contributed by atoms with E-state index < -0.39 is 18.1 Å². The molecule has 0 spiro atoms. The zero-order valence-corrected chi connectivity index (χ0v) is 8.06. The van der Waals surface area contributed by atoms with Crippen molar-refractivity contribution in [3.8, 4) is 0 Å². The second kappa shape index (κ2) is 4.41. The zero-order chi connectivity index (χ0) is 10.7. The Kier molecular flexibility index (Phi) is 3.46. The molecule has 3 N–H and O–H groups in total. The summed E-state index contributed by atoms with van der Waals surface area (Å²) in [6, 6.07) is -0.861. The van der Waals surface area contributed by atoms with Crippen molar-refractivity contribution >= 4 is 11.9 Å². The van der Waals surface area contributed by atoms with Crippen LogP contribution in [0.2, 0.25) is 0 Å². The first-order valence-corrected chi connectivity index (χ1v) is 4.72. The molecule has 0 aromatic heterocycles. The highest BCUT2D eigenvalue weighted by molar-refractivity contribution is 5.84. The molecule has 0 heterocycles. The van der Waals surface area contributed by atoms with Crippen LogP contribution < -0.4 is 5.32 Å². The van der Waals surface area contributed by atoms with E-state index in [-0.39, 0.29) is 11.8 Å². The first-order valence-electron chi connectivity index (χ1n) is 4.72. The fourth-order valence-electron chi connectivity index (χ4n) is 1.59. The molecule has 3 atom stereocenters. The van der Waals surface area contributed by atoms with Crippen molar-refractivity contribution < 1.29 is 19.8 Å². The minimum absolute atomic E-state index is 0.230. The van der Waals surface area contributed by atoms with Gasteiger partial charge in [-0.2, -0.15) is 0 Å². The summed E-state index contributed by atoms with van der Waals surface area (Å²) in [5.74, 6) is -1.54. The van der Waals surface area contributed by atoms with Gasteiger partial charge in [-0.3, -0.25) is 9.59 Å². The maximum Gasteiger partial charge on any atom is 0.325 e. The van der Waals surface area contributed by atoms with Crippen LogP contribution in [0.1, 0.15) is 26.2 Å². The summed E-state index contributed by atoms with van der Waals surface area (Å²) in [5, 5.41) is 20.1. The van der Waals surface area contributed by atoms with E-state index in [1.165, 1.54) is 6.92 Å². The predicted molar refractivity (Wildman–Crippen MR) is 48.6 cm³/mol. The fourth-order valence-corrected chi connectivity index (χ4v) is 1.59. The van der Waals surface area contributed by atoms with E-state index in [2.05, 4.69) is 5.32 Å². The average Bonchev–Trinajstić information content (AvgIpc) is 2.51. The van der Waals surface area contributed by atoms with Crippen LogP contribution in [0.25, 0.3) is 0 Å². The van der Waals surface area contributed by atoms with Crippen molar-refractivity contribution in [1.82, 2.24) is 5.32 Å². The number of hydrogen-bond acceptors (Lipinski definition) is 3. The lowest BCUT2D eigenvalue weighted by molar-refractivity contribution is -0.141. The Hall–Kier alpha value is -1.10. The number of amides is 1. The van der Waals surface area contributed by atoms with Gasteiger partial charge in [0.1, 0.15) is 6.04 Å². The third-order valence-electron chi connectivity index (χ3n) is 2.50. The molecule has 14 heavy (non-hydrogen) atoms. The molecule has 1 fully saturated rings. The molecule has 0 saturated heterocycles. The van der Waals surface area contributed by atoms with E-state index in [0.717, 1.165) is 0 Å². The molecule has 1 aliphatic carbocycles. The van der Waals surface area contributed by atoms with Gasteiger partial charge in [0.05, 0.1) is 6.10 Å². The first-order chi connectivity index (χ1) is 6.50. The summed E-state index contributed by atoms with van der Waals surface area (Å²) >= 11 is 0. The van der Waals surface area contributed by atoms with Gasteiger partial charge < -0.3 is 15.5 Å². The molecule has 1 amide bonds. The number of aliphatic carboxylic acids is 1. The van der Waals surface area contributed by atoms with E-state index in [9.17, 15) is 14.7 Å². The molecule has 0 aliphatic heterocycles. The maximum atomic E-state index is 11.4. The lowest BCUT2D eigenvalue weighted by Crippen LogP contribution is -2.41. The van der Waals surface area contributed by atoms with Crippen molar-refractivity contribution in [1.29, 1.82) is 0 Å². The van der Waals surface area contributed by atoms with Crippen LogP contribution in [-0.2, 0) is 9.59 Å². The van der Waals surface area contributed by atoms with Gasteiger partial charge in [0.15, 0.2) is 0 Å². The van der Waals surface area contributed by atoms with Crippen molar-refractivity contribution in [2.75, 3.05) is 0 Å². The predicted octanol–water partition coefficient (Wildman–Crippen LogP) is -0.263. The van der Waals surface area contributed by atoms with Crippen LogP contribution in [0.4, 0.5) is 0 Å². The van der Waals surface area contributed by atoms with Crippen LogP contribution in [0, 0.1) is 5.92 Å². The summed E-state index contributed by atoms with van der Waals surface area (Å²) in [7, 11) is 0. The van der Waals surface area contributed by atoms with Crippen LogP contribution in [0.3, 0.4) is 0 Å². The zero-order valence-electron chi connectivity index (χ0n) is 8.06. The third-order valence-corrected chi connectivity index (χ3v) is 2.50. The van der Waals surface area contributed by atoms with Crippen molar-refractivity contribution in [3.63, 3.8) is 0 Å². The monoisotopic (exact) mass is 201 g/mol. The molecular formula is C9H15NO4. The van der Waals surface area contributed by atoms with Gasteiger partial charge in [0, 0.05) is 5.92 Å². The highest BCUT2D eigenvalue weighted by atomic mass is 16.4. The van der Waals surface area contributed by atoms with Gasteiger partial charge in [-0.05, 0) is 26.2 Å². The Morgan fingerprint density at radius 3 is 2.50 bits per heavy atom. The Morgan fingerprint density at radius 2 is 2.07 bits per heavy atom. The van der Waals surface area contributed by atoms with Gasteiger partial charge in [0.2, 0.25) is 5.91 Å². The van der Waals surface area contributed by atoms with Crippen LogP contribution >= 0.6 is 0 Å².